The molecule has 8 heteroatoms. The van der Waals surface area contributed by atoms with Crippen molar-refractivity contribution in [1.82, 2.24) is 0 Å². The molecule has 1 aliphatic heterocycles. The van der Waals surface area contributed by atoms with Gasteiger partial charge in [-0.25, -0.2) is 4.57 Å². The summed E-state index contributed by atoms with van der Waals surface area (Å²) in [6, 6.07) is 5.79. The Bertz CT molecular complexity index is 793. The fourth-order valence-electron chi connectivity index (χ4n) is 2.86. The van der Waals surface area contributed by atoms with E-state index >= 15 is 0 Å². The fraction of sp³-hybridized carbons (Fsp3) is 0.739. The van der Waals surface area contributed by atoms with E-state index in [1.54, 1.807) is 0 Å². The minimum atomic E-state index is -3.93. The van der Waals surface area contributed by atoms with Crippen LogP contribution in [0.4, 0.5) is 0 Å². The Morgan fingerprint density at radius 1 is 0.935 bits per heavy atom. The molecule has 1 saturated heterocycles. The molecule has 1 fully saturated rings. The van der Waals surface area contributed by atoms with Crippen molar-refractivity contribution in [3.05, 3.63) is 29.3 Å². The number of phosphoric acid groups is 1. The molecule has 1 aromatic rings. The second-order valence-corrected chi connectivity index (χ2v) is 16.0. The first kappa shape index (κ1) is 26.6. The Morgan fingerprint density at radius 2 is 1.45 bits per heavy atom. The van der Waals surface area contributed by atoms with Crippen LogP contribution < -0.4 is 4.52 Å². The van der Waals surface area contributed by atoms with E-state index in [2.05, 4.69) is 20.8 Å². The Balaban J connectivity index is 2.46. The van der Waals surface area contributed by atoms with Gasteiger partial charge in [-0.15, -0.1) is 0 Å². The van der Waals surface area contributed by atoms with Gasteiger partial charge in [0.25, 0.3) is 0 Å². The molecule has 1 heterocycles. The van der Waals surface area contributed by atoms with Crippen molar-refractivity contribution in [3.8, 4) is 5.75 Å². The van der Waals surface area contributed by atoms with Gasteiger partial charge in [-0.2, -0.15) is 0 Å². The van der Waals surface area contributed by atoms with Gasteiger partial charge in [0.05, 0.1) is 23.4 Å². The summed E-state index contributed by atoms with van der Waals surface area (Å²) in [6.07, 6.45) is 0.0897. The highest BCUT2D eigenvalue weighted by Gasteiger charge is 2.41. The molecule has 0 bridgehead atoms. The average Bonchev–Trinajstić information content (AvgIpc) is 3.33. The third kappa shape index (κ3) is 8.99. The zero-order valence-corrected chi connectivity index (χ0v) is 23.4. The number of rotatable bonds is 8. The zero-order chi connectivity index (χ0) is 23.9. The highest BCUT2D eigenvalue weighted by Crippen LogP contribution is 2.56. The van der Waals surface area contributed by atoms with Crippen LogP contribution in [0, 0.1) is 0 Å². The Labute approximate surface area is 190 Å². The lowest BCUT2D eigenvalue weighted by molar-refractivity contribution is 0.0215. The van der Waals surface area contributed by atoms with Crippen LogP contribution in [0.25, 0.3) is 0 Å². The second-order valence-electron chi connectivity index (χ2n) is 11.9. The molecule has 178 valence electrons. The van der Waals surface area contributed by atoms with Crippen LogP contribution in [0.1, 0.15) is 93.4 Å². The molecule has 31 heavy (non-hydrogen) atoms. The number of hydrogen-bond donors (Lipinski definition) is 0. The van der Waals surface area contributed by atoms with Crippen LogP contribution in [0.2, 0.25) is 5.04 Å². The van der Waals surface area contributed by atoms with E-state index in [9.17, 15) is 4.57 Å². The second kappa shape index (κ2) is 8.92. The van der Waals surface area contributed by atoms with Gasteiger partial charge in [-0.1, -0.05) is 26.8 Å². The minimum Gasteiger partial charge on any atom is -0.414 e. The number of epoxide rings is 1. The first-order valence-electron chi connectivity index (χ1n) is 10.9. The first-order chi connectivity index (χ1) is 13.8. The zero-order valence-electron chi connectivity index (χ0n) is 21.1. The monoisotopic (exact) mass is 472 g/mol. The van der Waals surface area contributed by atoms with E-state index in [0.717, 1.165) is 11.1 Å². The van der Waals surface area contributed by atoms with Gasteiger partial charge >= 0.3 is 7.82 Å². The third-order valence-corrected chi connectivity index (χ3v) is 7.90. The van der Waals surface area contributed by atoms with Crippen LogP contribution >= 0.6 is 7.82 Å². The van der Waals surface area contributed by atoms with E-state index < -0.39 is 34.4 Å². The topological polar surface area (TPSA) is 66.5 Å². The van der Waals surface area contributed by atoms with Crippen molar-refractivity contribution >= 4 is 17.6 Å². The van der Waals surface area contributed by atoms with Crippen LogP contribution in [0.5, 0.6) is 5.75 Å². The minimum absolute atomic E-state index is 0.0897. The summed E-state index contributed by atoms with van der Waals surface area (Å²) in [5.74, 6) is 0.439. The first-order valence-corrected chi connectivity index (χ1v) is 13.6. The van der Waals surface area contributed by atoms with Crippen LogP contribution in [0.15, 0.2) is 18.2 Å². The van der Waals surface area contributed by atoms with Gasteiger partial charge in [0.1, 0.15) is 11.9 Å². The molecule has 0 saturated carbocycles. The Kier molecular flexibility index (Phi) is 7.64. The molecular weight excluding hydrogens is 431 g/mol. The van der Waals surface area contributed by atoms with Crippen molar-refractivity contribution in [2.75, 3.05) is 6.61 Å². The van der Waals surface area contributed by atoms with Gasteiger partial charge in [-0.05, 0) is 78.1 Å². The van der Waals surface area contributed by atoms with E-state index in [0.29, 0.717) is 12.4 Å². The summed E-state index contributed by atoms with van der Waals surface area (Å²) < 4.78 is 43.4. The summed E-state index contributed by atoms with van der Waals surface area (Å²) in [5, 5.41) is 0.134. The van der Waals surface area contributed by atoms with Gasteiger partial charge < -0.3 is 13.7 Å². The standard InChI is InChI=1S/C23H41O6PSi/c1-20(2,3)27-30(24,28-21(4,5)6)26-18-13-12-16(19-15-25-19)14-17(18)23(10,11)29-31-22(7,8)9/h12-14,19H,15,31H2,1-11H3/t19-/m1/s1. The molecule has 2 rings (SSSR count). The Morgan fingerprint density at radius 3 is 1.87 bits per heavy atom. The fourth-order valence-corrected chi connectivity index (χ4v) is 5.66. The lowest BCUT2D eigenvalue weighted by atomic mass is 9.95. The van der Waals surface area contributed by atoms with E-state index in [-0.39, 0.29) is 11.1 Å². The lowest BCUT2D eigenvalue weighted by Crippen LogP contribution is -2.29. The maximum atomic E-state index is 13.7. The number of benzene rings is 1. The normalized spacial score (nSPS) is 18.6. The number of phosphoric ester groups is 1. The number of hydrogen-bond acceptors (Lipinski definition) is 6. The molecule has 0 radical (unpaired) electrons. The summed E-state index contributed by atoms with van der Waals surface area (Å²) in [5.41, 5.74) is -0.192. The van der Waals surface area contributed by atoms with Gasteiger partial charge in [-0.3, -0.25) is 9.05 Å². The maximum absolute atomic E-state index is 13.7. The van der Waals surface area contributed by atoms with Crippen molar-refractivity contribution in [3.63, 3.8) is 0 Å². The summed E-state index contributed by atoms with van der Waals surface area (Å²) in [7, 11) is -4.78. The van der Waals surface area contributed by atoms with E-state index in [4.69, 9.17) is 22.7 Å². The highest BCUT2D eigenvalue weighted by molar-refractivity contribution is 7.49. The molecule has 0 spiro atoms. The molecule has 1 atom stereocenters. The molecule has 6 nitrogen and oxygen atoms in total. The van der Waals surface area contributed by atoms with Gasteiger partial charge in [0.2, 0.25) is 0 Å². The lowest BCUT2D eigenvalue weighted by Gasteiger charge is -2.34. The number of ether oxygens (including phenoxy) is 1. The van der Waals surface area contributed by atoms with Gasteiger partial charge in [0.15, 0.2) is 9.76 Å². The molecule has 0 aromatic heterocycles. The SMILES string of the molecule is CC(C)(C)OP(=O)(Oc1ccc([C@H]2CO2)cc1C(C)(C)O[SiH2]C(C)(C)C)OC(C)(C)C. The predicted molar refractivity (Wildman–Crippen MR) is 127 cm³/mol. The van der Waals surface area contributed by atoms with Gasteiger partial charge in [0, 0.05) is 5.56 Å². The molecular formula is C23H41O6PSi. The van der Waals surface area contributed by atoms with Crippen LogP contribution in [-0.2, 0) is 28.4 Å². The molecule has 0 unspecified atom stereocenters. The molecule has 0 amide bonds. The highest BCUT2D eigenvalue weighted by atomic mass is 31.2. The average molecular weight is 473 g/mol. The van der Waals surface area contributed by atoms with Crippen molar-refractivity contribution in [2.45, 2.75) is 104 Å². The third-order valence-electron chi connectivity index (χ3n) is 4.20. The van der Waals surface area contributed by atoms with E-state index in [1.807, 2.05) is 73.6 Å². The van der Waals surface area contributed by atoms with Crippen LogP contribution in [-0.4, -0.2) is 27.6 Å². The summed E-state index contributed by atoms with van der Waals surface area (Å²) in [6.45, 7) is 22.2. The van der Waals surface area contributed by atoms with Crippen molar-refractivity contribution in [1.29, 1.82) is 0 Å². The molecule has 0 aliphatic carbocycles. The molecule has 1 aliphatic rings. The molecule has 0 N–H and O–H groups in total. The summed E-state index contributed by atoms with van der Waals surface area (Å²) >= 11 is 0. The largest absolute Gasteiger partial charge is 0.531 e. The van der Waals surface area contributed by atoms with Crippen LogP contribution in [0.3, 0.4) is 0 Å². The van der Waals surface area contributed by atoms with Crippen molar-refractivity contribution in [2.24, 2.45) is 0 Å². The van der Waals surface area contributed by atoms with Crippen molar-refractivity contribution < 1.29 is 27.3 Å². The smallest absolute Gasteiger partial charge is 0.414 e. The summed E-state index contributed by atoms with van der Waals surface area (Å²) in [4.78, 5) is 0. The Hall–Kier alpha value is -0.693. The maximum Gasteiger partial charge on any atom is 0.531 e. The predicted octanol–water partition coefficient (Wildman–Crippen LogP) is 6.43. The van der Waals surface area contributed by atoms with E-state index in [1.165, 1.54) is 0 Å². The quantitative estimate of drug-likeness (QED) is 0.247. The molecule has 1 aromatic carbocycles.